The molecule has 0 spiro atoms. The van der Waals surface area contributed by atoms with Crippen LogP contribution >= 0.6 is 0 Å². The first-order chi connectivity index (χ1) is 16.5. The summed E-state index contributed by atoms with van der Waals surface area (Å²) in [4.78, 5) is 13.9. The molecule has 1 atom stereocenters. The zero-order valence-electron chi connectivity index (χ0n) is 18.6. The smallest absolute Gasteiger partial charge is 0.241 e. The Morgan fingerprint density at radius 1 is 0.706 bits per heavy atom. The van der Waals surface area contributed by atoms with Gasteiger partial charge < -0.3 is 0 Å². The van der Waals surface area contributed by atoms with Crippen molar-refractivity contribution in [1.82, 2.24) is 4.72 Å². The first-order valence-corrected chi connectivity index (χ1v) is 12.5. The van der Waals surface area contributed by atoms with Crippen molar-refractivity contribution >= 4 is 21.4 Å². The molecule has 0 saturated carbocycles. The molecule has 0 radical (unpaired) electrons. The number of carbonyl (C=O) groups is 1. The van der Waals surface area contributed by atoms with E-state index in [0.29, 0.717) is 16.7 Å². The number of nitrogens with one attached hydrogen (secondary N) is 1. The van der Waals surface area contributed by atoms with Gasteiger partial charge in [0.15, 0.2) is 5.78 Å². The van der Waals surface area contributed by atoms with Gasteiger partial charge in [-0.3, -0.25) is 4.79 Å². The van der Waals surface area contributed by atoms with E-state index in [2.05, 4.69) is 4.72 Å². The Kier molecular flexibility index (Phi) is 5.74. The van der Waals surface area contributed by atoms with Crippen LogP contribution in [0.5, 0.6) is 0 Å². The molecule has 0 aromatic heterocycles. The number of carbonyl (C=O) groups excluding carboxylic acids is 1. The summed E-state index contributed by atoms with van der Waals surface area (Å²) < 4.78 is 29.7. The standard InChI is InChI=1S/C29H23NO3S/c1-20-16-18-23(19-17-20)34(32,33)30-28-24-14-8-9-15-25(24)29(31)27(28)26(21-10-4-2-5-11-21)22-12-6-3-7-13-22/h2-19,28,30H,1H3/t28-/m1/s1. The minimum absolute atomic E-state index is 0.162. The molecule has 0 fully saturated rings. The Morgan fingerprint density at radius 3 is 1.82 bits per heavy atom. The summed E-state index contributed by atoms with van der Waals surface area (Å²) in [6.45, 7) is 1.91. The predicted octanol–water partition coefficient (Wildman–Crippen LogP) is 5.71. The van der Waals surface area contributed by atoms with Crippen molar-refractivity contribution in [2.24, 2.45) is 0 Å². The van der Waals surface area contributed by atoms with Crippen LogP contribution in [0.4, 0.5) is 0 Å². The lowest BCUT2D eigenvalue weighted by molar-refractivity contribution is 0.103. The second-order valence-electron chi connectivity index (χ2n) is 8.30. The van der Waals surface area contributed by atoms with E-state index in [9.17, 15) is 13.2 Å². The normalized spacial score (nSPS) is 15.3. The minimum atomic E-state index is -3.89. The fraction of sp³-hybridized carbons (Fsp3) is 0.0690. The fourth-order valence-corrected chi connectivity index (χ4v) is 5.58. The largest absolute Gasteiger partial charge is 0.289 e. The number of hydrogen-bond donors (Lipinski definition) is 1. The highest BCUT2D eigenvalue weighted by molar-refractivity contribution is 7.89. The SMILES string of the molecule is Cc1ccc(S(=O)(=O)N[C@H]2C(=C(c3ccccc3)c3ccccc3)C(=O)c3ccccc32)cc1. The lowest BCUT2D eigenvalue weighted by atomic mass is 9.90. The van der Waals surface area contributed by atoms with E-state index in [4.69, 9.17) is 0 Å². The van der Waals surface area contributed by atoms with E-state index in [0.717, 1.165) is 22.3 Å². The highest BCUT2D eigenvalue weighted by Crippen LogP contribution is 2.42. The molecular weight excluding hydrogens is 442 g/mol. The molecule has 0 bridgehead atoms. The number of hydrogen-bond acceptors (Lipinski definition) is 3. The molecule has 1 aliphatic rings. The third-order valence-corrected chi connectivity index (χ3v) is 7.49. The van der Waals surface area contributed by atoms with Crippen LogP contribution in [0.25, 0.3) is 5.57 Å². The topological polar surface area (TPSA) is 63.2 Å². The summed E-state index contributed by atoms with van der Waals surface area (Å²) >= 11 is 0. The number of benzene rings is 4. The number of ketones is 1. The minimum Gasteiger partial charge on any atom is -0.289 e. The van der Waals surface area contributed by atoms with Gasteiger partial charge in [0.25, 0.3) is 0 Å². The van der Waals surface area contributed by atoms with Crippen LogP contribution in [0.1, 0.15) is 38.7 Å². The van der Waals surface area contributed by atoms with Crippen LogP contribution in [0.15, 0.2) is 120 Å². The molecule has 5 heteroatoms. The highest BCUT2D eigenvalue weighted by atomic mass is 32.2. The summed E-state index contributed by atoms with van der Waals surface area (Å²) in [6, 6.07) is 32.3. The van der Waals surface area contributed by atoms with E-state index in [-0.39, 0.29) is 10.7 Å². The van der Waals surface area contributed by atoms with Gasteiger partial charge in [0, 0.05) is 11.1 Å². The van der Waals surface area contributed by atoms with E-state index in [1.165, 1.54) is 0 Å². The lowest BCUT2D eigenvalue weighted by Gasteiger charge is -2.20. The molecule has 1 aliphatic carbocycles. The first kappa shape index (κ1) is 22.0. The maximum Gasteiger partial charge on any atom is 0.241 e. The molecule has 0 heterocycles. The van der Waals surface area contributed by atoms with Gasteiger partial charge in [-0.15, -0.1) is 0 Å². The van der Waals surface area contributed by atoms with E-state index >= 15 is 0 Å². The summed E-state index contributed by atoms with van der Waals surface area (Å²) in [7, 11) is -3.89. The number of fused-ring (bicyclic) bond motifs is 1. The summed E-state index contributed by atoms with van der Waals surface area (Å²) in [5, 5.41) is 0. The van der Waals surface area contributed by atoms with Crippen molar-refractivity contribution in [3.05, 3.63) is 143 Å². The number of rotatable bonds is 5. The first-order valence-electron chi connectivity index (χ1n) is 11.0. The molecule has 0 saturated heterocycles. The van der Waals surface area contributed by atoms with Gasteiger partial charge >= 0.3 is 0 Å². The average Bonchev–Trinajstić information content (AvgIpc) is 3.12. The van der Waals surface area contributed by atoms with Gasteiger partial charge in [-0.1, -0.05) is 103 Å². The molecule has 5 rings (SSSR count). The van der Waals surface area contributed by atoms with Crippen LogP contribution < -0.4 is 4.72 Å². The highest BCUT2D eigenvalue weighted by Gasteiger charge is 2.39. The van der Waals surface area contributed by atoms with E-state index in [1.807, 2.05) is 79.7 Å². The zero-order chi connectivity index (χ0) is 23.7. The Morgan fingerprint density at radius 2 is 1.24 bits per heavy atom. The van der Waals surface area contributed by atoms with Gasteiger partial charge in [0.1, 0.15) is 0 Å². The second kappa shape index (κ2) is 8.86. The second-order valence-corrected chi connectivity index (χ2v) is 10.0. The quantitative estimate of drug-likeness (QED) is 0.384. The average molecular weight is 466 g/mol. The number of aryl methyl sites for hydroxylation is 1. The molecular formula is C29H23NO3S. The van der Waals surface area contributed by atoms with Crippen LogP contribution in [0.2, 0.25) is 0 Å². The Bertz CT molecular complexity index is 1450. The monoisotopic (exact) mass is 465 g/mol. The maximum atomic E-state index is 13.8. The van der Waals surface area contributed by atoms with Crippen molar-refractivity contribution in [2.75, 3.05) is 0 Å². The van der Waals surface area contributed by atoms with Gasteiger partial charge in [0.2, 0.25) is 10.0 Å². The summed E-state index contributed by atoms with van der Waals surface area (Å²) in [5.74, 6) is -0.171. The Balaban J connectivity index is 1.74. The maximum absolute atomic E-state index is 13.8. The van der Waals surface area contributed by atoms with Gasteiger partial charge in [-0.2, -0.15) is 4.72 Å². The Hall–Kier alpha value is -3.80. The van der Waals surface area contributed by atoms with E-state index in [1.54, 1.807) is 36.4 Å². The molecule has 4 aromatic carbocycles. The predicted molar refractivity (Wildman–Crippen MR) is 134 cm³/mol. The van der Waals surface area contributed by atoms with Crippen molar-refractivity contribution in [3.8, 4) is 0 Å². The number of Topliss-reactive ketones (excluding diaryl/α,β-unsaturated/α-hetero) is 1. The van der Waals surface area contributed by atoms with Gasteiger partial charge in [-0.05, 0) is 41.3 Å². The van der Waals surface area contributed by atoms with E-state index < -0.39 is 16.1 Å². The van der Waals surface area contributed by atoms with Crippen molar-refractivity contribution in [2.45, 2.75) is 17.9 Å². The van der Waals surface area contributed by atoms with Crippen LogP contribution in [-0.2, 0) is 10.0 Å². The van der Waals surface area contributed by atoms with Crippen LogP contribution in [0.3, 0.4) is 0 Å². The van der Waals surface area contributed by atoms with Crippen LogP contribution in [0, 0.1) is 6.92 Å². The fourth-order valence-electron chi connectivity index (χ4n) is 4.40. The zero-order valence-corrected chi connectivity index (χ0v) is 19.4. The van der Waals surface area contributed by atoms with Crippen LogP contribution in [-0.4, -0.2) is 14.2 Å². The molecule has 4 nitrogen and oxygen atoms in total. The van der Waals surface area contributed by atoms with Gasteiger partial charge in [-0.25, -0.2) is 8.42 Å². The third-order valence-electron chi connectivity index (χ3n) is 6.05. The number of sulfonamides is 1. The summed E-state index contributed by atoms with van der Waals surface area (Å²) in [6.07, 6.45) is 0. The lowest BCUT2D eigenvalue weighted by Crippen LogP contribution is -2.29. The molecule has 34 heavy (non-hydrogen) atoms. The van der Waals surface area contributed by atoms with Gasteiger partial charge in [0.05, 0.1) is 10.9 Å². The molecule has 1 N–H and O–H groups in total. The van der Waals surface area contributed by atoms with Crippen molar-refractivity contribution < 1.29 is 13.2 Å². The molecule has 0 amide bonds. The third kappa shape index (κ3) is 4.00. The molecule has 0 aliphatic heterocycles. The molecule has 4 aromatic rings. The van der Waals surface area contributed by atoms with Crippen molar-refractivity contribution in [1.29, 1.82) is 0 Å². The molecule has 168 valence electrons. The van der Waals surface area contributed by atoms with Crippen molar-refractivity contribution in [3.63, 3.8) is 0 Å². The Labute approximate surface area is 199 Å². The summed E-state index contributed by atoms with van der Waals surface area (Å²) in [5.41, 5.74) is 4.99. The molecule has 0 unspecified atom stereocenters.